The van der Waals surface area contributed by atoms with Gasteiger partial charge >= 0.3 is 5.97 Å². The van der Waals surface area contributed by atoms with Gasteiger partial charge in [-0.15, -0.1) is 5.10 Å². The summed E-state index contributed by atoms with van der Waals surface area (Å²) < 4.78 is 6.14. The minimum Gasteiger partial charge on any atom is -0.452 e. The van der Waals surface area contributed by atoms with E-state index in [-0.39, 0.29) is 18.2 Å². The predicted octanol–water partition coefficient (Wildman–Crippen LogP) is 0.179. The molecule has 0 atom stereocenters. The average molecular weight is 234 g/mol. The van der Waals surface area contributed by atoms with Gasteiger partial charge in [0.05, 0.1) is 0 Å². The van der Waals surface area contributed by atoms with E-state index in [1.807, 2.05) is 6.92 Å². The van der Waals surface area contributed by atoms with Crippen LogP contribution in [0.25, 0.3) is 5.78 Å². The Balaban J connectivity index is 2.27. The largest absolute Gasteiger partial charge is 0.452 e. The van der Waals surface area contributed by atoms with Gasteiger partial charge in [0.25, 0.3) is 11.6 Å². The van der Waals surface area contributed by atoms with Gasteiger partial charge in [0, 0.05) is 11.9 Å². The fourth-order valence-corrected chi connectivity index (χ4v) is 1.22. The first-order valence-electron chi connectivity index (χ1n) is 4.93. The minimum absolute atomic E-state index is 0.104. The molecule has 2 heterocycles. The number of rotatable bonds is 3. The summed E-state index contributed by atoms with van der Waals surface area (Å²) in [7, 11) is 0. The SMILES string of the molecule is CC(=O)COC(=O)c1nc2nccc(C)n2n1. The first-order chi connectivity index (χ1) is 8.08. The summed E-state index contributed by atoms with van der Waals surface area (Å²) in [5, 5.41) is 3.95. The standard InChI is InChI=1S/C10H10N4O3/c1-6-3-4-11-10-12-8(13-14(6)10)9(16)17-5-7(2)15/h3-4H,5H2,1-2H3. The highest BCUT2D eigenvalue weighted by atomic mass is 16.5. The van der Waals surface area contributed by atoms with Crippen LogP contribution < -0.4 is 0 Å². The lowest BCUT2D eigenvalue weighted by Crippen LogP contribution is -2.13. The molecule has 7 nitrogen and oxygen atoms in total. The van der Waals surface area contributed by atoms with Crippen LogP contribution in [0.1, 0.15) is 23.2 Å². The van der Waals surface area contributed by atoms with E-state index in [2.05, 4.69) is 15.1 Å². The Bertz CT molecular complexity index is 590. The number of fused-ring (bicyclic) bond motifs is 1. The molecule has 0 aromatic carbocycles. The summed E-state index contributed by atoms with van der Waals surface area (Å²) in [6.07, 6.45) is 1.57. The molecule has 0 saturated heterocycles. The van der Waals surface area contributed by atoms with E-state index < -0.39 is 5.97 Å². The molecule has 7 heteroatoms. The molecule has 0 radical (unpaired) electrons. The summed E-state index contributed by atoms with van der Waals surface area (Å²) in [4.78, 5) is 30.0. The number of esters is 1. The molecule has 0 unspecified atom stereocenters. The Morgan fingerprint density at radius 3 is 2.88 bits per heavy atom. The molecule has 0 aliphatic carbocycles. The molecule has 2 aromatic rings. The van der Waals surface area contributed by atoms with Crippen LogP contribution in [0, 0.1) is 6.92 Å². The van der Waals surface area contributed by atoms with Crippen LogP contribution >= 0.6 is 0 Å². The van der Waals surface area contributed by atoms with Gasteiger partial charge in [-0.1, -0.05) is 0 Å². The Morgan fingerprint density at radius 2 is 2.24 bits per heavy atom. The van der Waals surface area contributed by atoms with Gasteiger partial charge in [-0.25, -0.2) is 14.3 Å². The molecule has 2 aromatic heterocycles. The second-order valence-electron chi connectivity index (χ2n) is 3.51. The first kappa shape index (κ1) is 11.2. The zero-order valence-electron chi connectivity index (χ0n) is 9.38. The van der Waals surface area contributed by atoms with Crippen LogP contribution in [0.15, 0.2) is 12.3 Å². The number of ketones is 1. The summed E-state index contributed by atoms with van der Waals surface area (Å²) in [6.45, 7) is 2.87. The van der Waals surface area contributed by atoms with Crippen molar-refractivity contribution in [3.8, 4) is 0 Å². The second-order valence-corrected chi connectivity index (χ2v) is 3.51. The van der Waals surface area contributed by atoms with Gasteiger partial charge in [-0.2, -0.15) is 4.98 Å². The van der Waals surface area contributed by atoms with Gasteiger partial charge in [0.2, 0.25) is 0 Å². The Labute approximate surface area is 96.4 Å². The van der Waals surface area contributed by atoms with Crippen LogP contribution in [0.4, 0.5) is 0 Å². The summed E-state index contributed by atoms with van der Waals surface area (Å²) in [5.41, 5.74) is 0.799. The van der Waals surface area contributed by atoms with Crippen LogP contribution in [0.2, 0.25) is 0 Å². The highest BCUT2D eigenvalue weighted by Gasteiger charge is 2.16. The topological polar surface area (TPSA) is 86.5 Å². The molecule has 0 spiro atoms. The molecular weight excluding hydrogens is 224 g/mol. The molecule has 88 valence electrons. The quantitative estimate of drug-likeness (QED) is 0.704. The molecule has 0 saturated carbocycles. The van der Waals surface area contributed by atoms with Crippen molar-refractivity contribution in [1.82, 2.24) is 19.6 Å². The molecule has 0 fully saturated rings. The number of hydrogen-bond donors (Lipinski definition) is 0. The van der Waals surface area contributed by atoms with Gasteiger partial charge in [0.15, 0.2) is 5.78 Å². The van der Waals surface area contributed by atoms with Crippen molar-refractivity contribution in [2.24, 2.45) is 0 Å². The normalized spacial score (nSPS) is 10.5. The molecular formula is C10H10N4O3. The Hall–Kier alpha value is -2.31. The van der Waals surface area contributed by atoms with Crippen LogP contribution in [0.3, 0.4) is 0 Å². The maximum atomic E-state index is 11.5. The fraction of sp³-hybridized carbons (Fsp3) is 0.300. The minimum atomic E-state index is -0.731. The number of nitrogens with zero attached hydrogens (tertiary/aromatic N) is 4. The summed E-state index contributed by atoms with van der Waals surface area (Å²) in [5.74, 6) is -0.755. The monoisotopic (exact) mass is 234 g/mol. The van der Waals surface area contributed by atoms with Crippen molar-refractivity contribution in [1.29, 1.82) is 0 Å². The molecule has 17 heavy (non-hydrogen) atoms. The number of aryl methyl sites for hydroxylation is 1. The van der Waals surface area contributed by atoms with Crippen molar-refractivity contribution in [3.63, 3.8) is 0 Å². The third kappa shape index (κ3) is 2.27. The molecule has 0 amide bonds. The number of carbonyl (C=O) groups is 2. The van der Waals surface area contributed by atoms with E-state index in [1.165, 1.54) is 11.4 Å². The first-order valence-corrected chi connectivity index (χ1v) is 4.93. The van der Waals surface area contributed by atoms with Crippen molar-refractivity contribution >= 4 is 17.5 Å². The third-order valence-electron chi connectivity index (χ3n) is 2.02. The van der Waals surface area contributed by atoms with Crippen LogP contribution in [-0.2, 0) is 9.53 Å². The third-order valence-corrected chi connectivity index (χ3v) is 2.02. The molecule has 0 aliphatic heterocycles. The number of ether oxygens (including phenoxy) is 1. The average Bonchev–Trinajstić information content (AvgIpc) is 2.71. The molecule has 0 N–H and O–H groups in total. The lowest BCUT2D eigenvalue weighted by Gasteiger charge is -1.96. The van der Waals surface area contributed by atoms with E-state index in [1.54, 1.807) is 12.3 Å². The highest BCUT2D eigenvalue weighted by molar-refractivity contribution is 5.88. The fourth-order valence-electron chi connectivity index (χ4n) is 1.22. The smallest absolute Gasteiger partial charge is 0.378 e. The van der Waals surface area contributed by atoms with E-state index in [4.69, 9.17) is 4.74 Å². The number of carbonyl (C=O) groups excluding carboxylic acids is 2. The zero-order valence-corrected chi connectivity index (χ0v) is 9.38. The van der Waals surface area contributed by atoms with Crippen molar-refractivity contribution in [3.05, 3.63) is 23.8 Å². The van der Waals surface area contributed by atoms with Gasteiger partial charge in [-0.3, -0.25) is 4.79 Å². The van der Waals surface area contributed by atoms with Crippen LogP contribution in [-0.4, -0.2) is 37.9 Å². The van der Waals surface area contributed by atoms with Gasteiger partial charge in [-0.05, 0) is 19.9 Å². The van der Waals surface area contributed by atoms with E-state index in [0.29, 0.717) is 5.78 Å². The maximum absolute atomic E-state index is 11.5. The second kappa shape index (κ2) is 4.28. The van der Waals surface area contributed by atoms with Crippen molar-refractivity contribution < 1.29 is 14.3 Å². The van der Waals surface area contributed by atoms with Crippen molar-refractivity contribution in [2.45, 2.75) is 13.8 Å². The van der Waals surface area contributed by atoms with Gasteiger partial charge < -0.3 is 4.74 Å². The number of Topliss-reactive ketones (excluding diaryl/α,β-unsaturated/α-hetero) is 1. The zero-order chi connectivity index (χ0) is 12.4. The number of hydrogen-bond acceptors (Lipinski definition) is 6. The highest BCUT2D eigenvalue weighted by Crippen LogP contribution is 2.02. The Kier molecular flexibility index (Phi) is 2.82. The van der Waals surface area contributed by atoms with E-state index in [9.17, 15) is 9.59 Å². The summed E-state index contributed by atoms with van der Waals surface area (Å²) in [6, 6.07) is 1.74. The number of aromatic nitrogens is 4. The van der Waals surface area contributed by atoms with Crippen molar-refractivity contribution in [2.75, 3.05) is 6.61 Å². The summed E-state index contributed by atoms with van der Waals surface area (Å²) >= 11 is 0. The van der Waals surface area contributed by atoms with E-state index in [0.717, 1.165) is 5.69 Å². The lowest BCUT2D eigenvalue weighted by molar-refractivity contribution is -0.120. The lowest BCUT2D eigenvalue weighted by atomic mass is 10.5. The maximum Gasteiger partial charge on any atom is 0.378 e. The Morgan fingerprint density at radius 1 is 1.47 bits per heavy atom. The van der Waals surface area contributed by atoms with E-state index >= 15 is 0 Å². The molecule has 2 rings (SSSR count). The molecule has 0 bridgehead atoms. The van der Waals surface area contributed by atoms with Crippen LogP contribution in [0.5, 0.6) is 0 Å². The van der Waals surface area contributed by atoms with Gasteiger partial charge in [0.1, 0.15) is 6.61 Å². The molecule has 0 aliphatic rings. The predicted molar refractivity (Wildman–Crippen MR) is 56.5 cm³/mol.